The van der Waals surface area contributed by atoms with Crippen LogP contribution in [0.2, 0.25) is 0 Å². The molecule has 2 heterocycles. The van der Waals surface area contributed by atoms with Gasteiger partial charge in [0.2, 0.25) is 16.9 Å². The summed E-state index contributed by atoms with van der Waals surface area (Å²) >= 11 is 1.31. The molecule has 0 unspecified atom stereocenters. The highest BCUT2D eigenvalue weighted by atomic mass is 32.2. The molecule has 10 heteroatoms. The Morgan fingerprint density at radius 1 is 1.14 bits per heavy atom. The first-order chi connectivity index (χ1) is 14.0. The molecular formula is C19H17FN6O2S. The smallest absolute Gasteiger partial charge is 0.237 e. The molecule has 2 N–H and O–H groups in total. The van der Waals surface area contributed by atoms with E-state index in [1.54, 1.807) is 26.2 Å². The number of ether oxygens (including phenoxy) is 1. The minimum Gasteiger partial charge on any atom is -0.497 e. The molecule has 0 saturated heterocycles. The van der Waals surface area contributed by atoms with Crippen LogP contribution in [0.4, 0.5) is 4.39 Å². The van der Waals surface area contributed by atoms with Crippen molar-refractivity contribution in [3.63, 3.8) is 0 Å². The van der Waals surface area contributed by atoms with Gasteiger partial charge in [0.25, 0.3) is 0 Å². The second kappa shape index (κ2) is 7.92. The minimum atomic E-state index is -0.314. The average Bonchev–Trinajstić information content (AvgIpc) is 3.35. The number of aromatic nitrogens is 5. The Morgan fingerprint density at radius 2 is 1.90 bits per heavy atom. The number of hydrogen-bond donors (Lipinski definition) is 1. The number of nitrogens with zero attached hydrogens (tertiary/aromatic N) is 5. The van der Waals surface area contributed by atoms with Crippen molar-refractivity contribution in [1.82, 2.24) is 25.0 Å². The maximum absolute atomic E-state index is 13.7. The quantitative estimate of drug-likeness (QED) is 0.379. The van der Waals surface area contributed by atoms with Crippen LogP contribution < -0.4 is 10.6 Å². The van der Waals surface area contributed by atoms with Gasteiger partial charge >= 0.3 is 0 Å². The van der Waals surface area contributed by atoms with Crippen molar-refractivity contribution in [3.8, 4) is 28.5 Å². The first-order valence-electron chi connectivity index (χ1n) is 8.62. The summed E-state index contributed by atoms with van der Waals surface area (Å²) in [7, 11) is 1.60. The highest BCUT2D eigenvalue weighted by Crippen LogP contribution is 2.26. The zero-order chi connectivity index (χ0) is 20.4. The maximum atomic E-state index is 13.7. The first-order valence-corrected chi connectivity index (χ1v) is 9.60. The van der Waals surface area contributed by atoms with Gasteiger partial charge in [-0.25, -0.2) is 9.07 Å². The molecular weight excluding hydrogens is 395 g/mol. The first kappa shape index (κ1) is 18.9. The van der Waals surface area contributed by atoms with Crippen LogP contribution >= 0.6 is 11.8 Å². The van der Waals surface area contributed by atoms with Crippen LogP contribution in [0.3, 0.4) is 0 Å². The third kappa shape index (κ3) is 3.92. The van der Waals surface area contributed by atoms with E-state index < -0.39 is 0 Å². The third-order valence-corrected chi connectivity index (χ3v) is 5.16. The Balaban J connectivity index is 1.46. The summed E-state index contributed by atoms with van der Waals surface area (Å²) in [6.45, 7) is 1.70. The fourth-order valence-electron chi connectivity index (χ4n) is 2.60. The van der Waals surface area contributed by atoms with Crippen molar-refractivity contribution < 1.29 is 13.7 Å². The molecule has 0 bridgehead atoms. The number of halogens is 1. The summed E-state index contributed by atoms with van der Waals surface area (Å²) in [6, 6.07) is 12.2. The fourth-order valence-corrected chi connectivity index (χ4v) is 3.30. The summed E-state index contributed by atoms with van der Waals surface area (Å²) in [5.41, 5.74) is 1.92. The maximum Gasteiger partial charge on any atom is 0.237 e. The van der Waals surface area contributed by atoms with Crippen LogP contribution in [-0.4, -0.2) is 32.1 Å². The predicted molar refractivity (Wildman–Crippen MR) is 106 cm³/mol. The molecule has 0 spiro atoms. The van der Waals surface area contributed by atoms with Crippen molar-refractivity contribution in [2.75, 3.05) is 13.0 Å². The Labute approximate surface area is 169 Å². The van der Waals surface area contributed by atoms with Gasteiger partial charge < -0.3 is 15.1 Å². The molecule has 0 fully saturated rings. The number of nitrogens with two attached hydrogens (primary N) is 1. The van der Waals surface area contributed by atoms with Gasteiger partial charge in [0.1, 0.15) is 11.6 Å². The van der Waals surface area contributed by atoms with E-state index in [0.29, 0.717) is 39.6 Å². The lowest BCUT2D eigenvalue weighted by Crippen LogP contribution is -2.11. The summed E-state index contributed by atoms with van der Waals surface area (Å²) in [6.07, 6.45) is 0. The molecule has 29 heavy (non-hydrogen) atoms. The highest BCUT2D eigenvalue weighted by Gasteiger charge is 2.15. The van der Waals surface area contributed by atoms with Crippen molar-refractivity contribution in [2.24, 2.45) is 0 Å². The monoisotopic (exact) mass is 412 g/mol. The van der Waals surface area contributed by atoms with Crippen LogP contribution in [0.1, 0.15) is 11.5 Å². The Hall–Kier alpha value is -3.40. The molecule has 4 rings (SSSR count). The molecule has 0 amide bonds. The van der Waals surface area contributed by atoms with Gasteiger partial charge in [-0.05, 0) is 42.8 Å². The number of hydrogen-bond acceptors (Lipinski definition) is 8. The number of benzene rings is 2. The van der Waals surface area contributed by atoms with Crippen LogP contribution in [0.15, 0.2) is 52.1 Å². The van der Waals surface area contributed by atoms with Crippen molar-refractivity contribution in [3.05, 3.63) is 59.7 Å². The van der Waals surface area contributed by atoms with E-state index in [2.05, 4.69) is 20.3 Å². The molecule has 8 nitrogen and oxygen atoms in total. The van der Waals surface area contributed by atoms with Gasteiger partial charge in [0.05, 0.1) is 12.9 Å². The van der Waals surface area contributed by atoms with E-state index in [0.717, 1.165) is 11.3 Å². The zero-order valence-electron chi connectivity index (χ0n) is 15.7. The number of aryl methyl sites for hydroxylation is 1. The molecule has 148 valence electrons. The predicted octanol–water partition coefficient (Wildman–Crippen LogP) is 3.46. The van der Waals surface area contributed by atoms with Gasteiger partial charge in [-0.2, -0.15) is 4.98 Å². The fraction of sp³-hybridized carbons (Fsp3) is 0.158. The van der Waals surface area contributed by atoms with Crippen LogP contribution in [0.25, 0.3) is 22.8 Å². The SMILES string of the molecule is COc1ccc(-c2nnc(SCc3nc(-c4ccc(C)c(F)c4)no3)n2N)cc1. The van der Waals surface area contributed by atoms with Gasteiger partial charge in [0.15, 0.2) is 5.82 Å². The number of nitrogen functional groups attached to an aromatic ring is 1. The van der Waals surface area contributed by atoms with E-state index in [4.69, 9.17) is 15.1 Å². The Morgan fingerprint density at radius 3 is 2.62 bits per heavy atom. The van der Waals surface area contributed by atoms with Crippen LogP contribution in [-0.2, 0) is 5.75 Å². The molecule has 0 aliphatic rings. The molecule has 0 atom stereocenters. The Kier molecular flexibility index (Phi) is 5.17. The lowest BCUT2D eigenvalue weighted by Gasteiger charge is -2.04. The average molecular weight is 412 g/mol. The van der Waals surface area contributed by atoms with Gasteiger partial charge in [-0.1, -0.05) is 29.1 Å². The van der Waals surface area contributed by atoms with Gasteiger partial charge in [0, 0.05) is 11.1 Å². The highest BCUT2D eigenvalue weighted by molar-refractivity contribution is 7.98. The van der Waals surface area contributed by atoms with Crippen LogP contribution in [0, 0.1) is 12.7 Å². The molecule has 0 saturated carbocycles. The second-order valence-electron chi connectivity index (χ2n) is 6.17. The minimum absolute atomic E-state index is 0.314. The lowest BCUT2D eigenvalue weighted by molar-refractivity contribution is 0.391. The summed E-state index contributed by atoms with van der Waals surface area (Å²) in [4.78, 5) is 4.30. The van der Waals surface area contributed by atoms with Crippen molar-refractivity contribution in [2.45, 2.75) is 17.8 Å². The van der Waals surface area contributed by atoms with Crippen molar-refractivity contribution in [1.29, 1.82) is 0 Å². The molecule has 0 radical (unpaired) electrons. The van der Waals surface area contributed by atoms with Gasteiger partial charge in [-0.15, -0.1) is 10.2 Å². The van der Waals surface area contributed by atoms with E-state index in [-0.39, 0.29) is 5.82 Å². The van der Waals surface area contributed by atoms with E-state index in [1.165, 1.54) is 22.5 Å². The summed E-state index contributed by atoms with van der Waals surface area (Å²) in [5.74, 6) is 8.13. The molecule has 2 aromatic carbocycles. The number of methoxy groups -OCH3 is 1. The molecule has 0 aliphatic heterocycles. The van der Waals surface area contributed by atoms with Gasteiger partial charge in [-0.3, -0.25) is 0 Å². The lowest BCUT2D eigenvalue weighted by atomic mass is 10.1. The third-order valence-electron chi connectivity index (χ3n) is 4.24. The van der Waals surface area contributed by atoms with E-state index in [9.17, 15) is 4.39 Å². The molecule has 4 aromatic rings. The number of thioether (sulfide) groups is 1. The Bertz CT molecular complexity index is 1140. The summed E-state index contributed by atoms with van der Waals surface area (Å²) in [5, 5.41) is 12.7. The topological polar surface area (TPSA) is 105 Å². The molecule has 2 aromatic heterocycles. The van der Waals surface area contributed by atoms with E-state index >= 15 is 0 Å². The normalized spacial score (nSPS) is 11.0. The number of rotatable bonds is 6. The van der Waals surface area contributed by atoms with Crippen molar-refractivity contribution >= 4 is 11.8 Å². The molecule has 0 aliphatic carbocycles. The zero-order valence-corrected chi connectivity index (χ0v) is 16.5. The second-order valence-corrected chi connectivity index (χ2v) is 7.11. The van der Waals surface area contributed by atoms with E-state index in [1.807, 2.05) is 24.3 Å². The van der Waals surface area contributed by atoms with Crippen LogP contribution in [0.5, 0.6) is 5.75 Å². The standard InChI is InChI=1S/C19H17FN6O2S/c1-11-3-4-13(9-15(11)20)17-22-16(28-25-17)10-29-19-24-23-18(26(19)21)12-5-7-14(27-2)8-6-12/h3-9H,10,21H2,1-2H3. The largest absolute Gasteiger partial charge is 0.497 e. The summed E-state index contributed by atoms with van der Waals surface area (Å²) < 4.78 is 25.5.